The average molecular weight is 390 g/mol. The number of rotatable bonds is 8. The van der Waals surface area contributed by atoms with Gasteiger partial charge in [-0.25, -0.2) is 0 Å². The van der Waals surface area contributed by atoms with Crippen LogP contribution in [0.1, 0.15) is 12.0 Å². The van der Waals surface area contributed by atoms with Crippen LogP contribution >= 0.6 is 11.3 Å². The van der Waals surface area contributed by atoms with Gasteiger partial charge in [-0.05, 0) is 13.3 Å². The molecule has 0 unspecified atom stereocenters. The number of phenols is 1. The summed E-state index contributed by atoms with van der Waals surface area (Å²) in [6.07, 6.45) is 0.860. The summed E-state index contributed by atoms with van der Waals surface area (Å²) in [6, 6.07) is 7.91. The molecule has 146 valence electrons. The monoisotopic (exact) mass is 389 g/mol. The van der Waals surface area contributed by atoms with Crippen molar-refractivity contribution in [2.24, 2.45) is 12.0 Å². The predicted molar refractivity (Wildman–Crippen MR) is 110 cm³/mol. The summed E-state index contributed by atoms with van der Waals surface area (Å²) < 4.78 is 3.17. The second-order valence-corrected chi connectivity index (χ2v) is 7.64. The Bertz CT molecular complexity index is 987. The number of aromatic hydroxyl groups is 1. The van der Waals surface area contributed by atoms with E-state index in [2.05, 4.69) is 4.57 Å². The zero-order valence-electron chi connectivity index (χ0n) is 15.9. The highest BCUT2D eigenvalue weighted by Crippen LogP contribution is 2.37. The molecule has 0 aliphatic carbocycles. The first-order valence-corrected chi connectivity index (χ1v) is 10.0. The van der Waals surface area contributed by atoms with Crippen LogP contribution in [0, 0.1) is 6.92 Å². The summed E-state index contributed by atoms with van der Waals surface area (Å²) in [4.78, 5) is 7.73. The zero-order valence-corrected chi connectivity index (χ0v) is 16.7. The highest BCUT2D eigenvalue weighted by atomic mass is 32.1. The third kappa shape index (κ3) is 4.01. The Morgan fingerprint density at radius 2 is 1.74 bits per heavy atom. The van der Waals surface area contributed by atoms with Crippen LogP contribution in [0.15, 0.2) is 29.3 Å². The van der Waals surface area contributed by atoms with E-state index in [-0.39, 0.29) is 13.2 Å². The molecule has 3 rings (SSSR count). The summed E-state index contributed by atoms with van der Waals surface area (Å²) >= 11 is 1.60. The van der Waals surface area contributed by atoms with E-state index in [1.54, 1.807) is 11.3 Å². The molecule has 6 nitrogen and oxygen atoms in total. The molecule has 1 aromatic heterocycles. The quantitative estimate of drug-likeness (QED) is 0.515. The standard InChI is InChI=1S/C20H27N3O3S/c1-14-18(26)16-7-4-3-6-15(16)17-19(14)27-20(22(17)2)21-8-5-9-23(10-12-24)11-13-25/h3-4,6-7,24-26H,5,8-13H2,1-2H3/b21-20+. The van der Waals surface area contributed by atoms with Gasteiger partial charge < -0.3 is 19.9 Å². The van der Waals surface area contributed by atoms with Gasteiger partial charge in [0.15, 0.2) is 4.80 Å². The molecule has 1 heterocycles. The van der Waals surface area contributed by atoms with Crippen LogP contribution in [-0.2, 0) is 7.05 Å². The smallest absolute Gasteiger partial charge is 0.185 e. The second-order valence-electron chi connectivity index (χ2n) is 6.66. The largest absolute Gasteiger partial charge is 0.507 e. The van der Waals surface area contributed by atoms with E-state index in [1.807, 2.05) is 43.1 Å². The van der Waals surface area contributed by atoms with Crippen LogP contribution in [0.5, 0.6) is 5.75 Å². The van der Waals surface area contributed by atoms with Gasteiger partial charge in [-0.2, -0.15) is 0 Å². The van der Waals surface area contributed by atoms with E-state index in [0.717, 1.165) is 44.3 Å². The van der Waals surface area contributed by atoms with Crippen molar-refractivity contribution < 1.29 is 15.3 Å². The fourth-order valence-electron chi connectivity index (χ4n) is 3.44. The number of thiazole rings is 1. The Balaban J connectivity index is 1.90. The van der Waals surface area contributed by atoms with Crippen molar-refractivity contribution in [1.29, 1.82) is 0 Å². The van der Waals surface area contributed by atoms with E-state index in [1.165, 1.54) is 0 Å². The molecule has 0 radical (unpaired) electrons. The minimum Gasteiger partial charge on any atom is -0.507 e. The van der Waals surface area contributed by atoms with Gasteiger partial charge in [0, 0.05) is 49.6 Å². The lowest BCUT2D eigenvalue weighted by Gasteiger charge is -2.19. The van der Waals surface area contributed by atoms with Crippen molar-refractivity contribution in [3.63, 3.8) is 0 Å². The van der Waals surface area contributed by atoms with Gasteiger partial charge in [0.25, 0.3) is 0 Å². The molecule has 2 aromatic carbocycles. The van der Waals surface area contributed by atoms with E-state index >= 15 is 0 Å². The van der Waals surface area contributed by atoms with E-state index in [9.17, 15) is 5.11 Å². The maximum absolute atomic E-state index is 10.6. The summed E-state index contributed by atoms with van der Waals surface area (Å²) in [5, 5.41) is 30.6. The van der Waals surface area contributed by atoms with Gasteiger partial charge >= 0.3 is 0 Å². The Morgan fingerprint density at radius 1 is 1.07 bits per heavy atom. The van der Waals surface area contributed by atoms with E-state index in [0.29, 0.717) is 25.4 Å². The number of hydrogen-bond donors (Lipinski definition) is 3. The van der Waals surface area contributed by atoms with Gasteiger partial charge in [0.2, 0.25) is 0 Å². The molecule has 3 N–H and O–H groups in total. The number of benzene rings is 2. The van der Waals surface area contributed by atoms with Crippen LogP contribution < -0.4 is 4.80 Å². The van der Waals surface area contributed by atoms with E-state index < -0.39 is 0 Å². The third-order valence-electron chi connectivity index (χ3n) is 4.88. The number of aliphatic hydroxyl groups is 2. The average Bonchev–Trinajstić information content (AvgIpc) is 3.00. The molecule has 3 aromatic rings. The van der Waals surface area contributed by atoms with Crippen LogP contribution in [0.4, 0.5) is 0 Å². The van der Waals surface area contributed by atoms with Crippen molar-refractivity contribution >= 4 is 32.3 Å². The maximum Gasteiger partial charge on any atom is 0.185 e. The van der Waals surface area contributed by atoms with Crippen molar-refractivity contribution in [3.05, 3.63) is 34.6 Å². The van der Waals surface area contributed by atoms with Crippen molar-refractivity contribution in [2.75, 3.05) is 39.4 Å². The van der Waals surface area contributed by atoms with E-state index in [4.69, 9.17) is 15.2 Å². The number of fused-ring (bicyclic) bond motifs is 3. The molecule has 0 atom stereocenters. The number of phenolic OH excluding ortho intramolecular Hbond substituents is 1. The molecular weight excluding hydrogens is 362 g/mol. The summed E-state index contributed by atoms with van der Waals surface area (Å²) in [6.45, 7) is 4.75. The van der Waals surface area contributed by atoms with Crippen LogP contribution in [0.25, 0.3) is 21.0 Å². The normalized spacial score (nSPS) is 12.7. The fraction of sp³-hybridized carbons (Fsp3) is 0.450. The van der Waals surface area contributed by atoms with Crippen LogP contribution in [0.2, 0.25) is 0 Å². The zero-order chi connectivity index (χ0) is 19.4. The highest BCUT2D eigenvalue weighted by Gasteiger charge is 2.15. The molecule has 0 saturated heterocycles. The van der Waals surface area contributed by atoms with Crippen molar-refractivity contribution in [1.82, 2.24) is 9.47 Å². The van der Waals surface area contributed by atoms with Gasteiger partial charge in [-0.1, -0.05) is 35.6 Å². The summed E-state index contributed by atoms with van der Waals surface area (Å²) in [5.74, 6) is 0.343. The predicted octanol–water partition coefficient (Wildman–Crippen LogP) is 1.98. The van der Waals surface area contributed by atoms with Gasteiger partial charge in [0.05, 0.1) is 23.4 Å². The van der Waals surface area contributed by atoms with Gasteiger partial charge in [-0.15, -0.1) is 0 Å². The third-order valence-corrected chi connectivity index (χ3v) is 6.17. The topological polar surface area (TPSA) is 81.2 Å². The van der Waals surface area contributed by atoms with Crippen LogP contribution in [-0.4, -0.2) is 64.2 Å². The molecule has 0 bridgehead atoms. The Labute approximate surface area is 162 Å². The number of nitrogens with zero attached hydrogens (tertiary/aromatic N) is 3. The summed E-state index contributed by atoms with van der Waals surface area (Å²) in [7, 11) is 2.02. The van der Waals surface area contributed by atoms with Crippen LogP contribution in [0.3, 0.4) is 0 Å². The molecule has 0 fully saturated rings. The minimum atomic E-state index is 0.0955. The number of aromatic nitrogens is 1. The number of aliphatic hydroxyl groups excluding tert-OH is 2. The fourth-order valence-corrected chi connectivity index (χ4v) is 4.60. The SMILES string of the molecule is Cc1c(O)c2ccccc2c2c1s/c(=N/CCCN(CCO)CCO)n2C. The lowest BCUT2D eigenvalue weighted by atomic mass is 10.0. The Morgan fingerprint density at radius 3 is 2.41 bits per heavy atom. The second kappa shape index (κ2) is 8.84. The number of hydrogen-bond acceptors (Lipinski definition) is 6. The molecule has 0 saturated carbocycles. The lowest BCUT2D eigenvalue weighted by Crippen LogP contribution is -2.31. The lowest BCUT2D eigenvalue weighted by molar-refractivity contribution is 0.160. The molecular formula is C20H27N3O3S. The summed E-state index contributed by atoms with van der Waals surface area (Å²) in [5.41, 5.74) is 2.00. The number of aryl methyl sites for hydroxylation is 2. The Kier molecular flexibility index (Phi) is 6.49. The molecule has 0 aliphatic rings. The first-order valence-electron chi connectivity index (χ1n) is 9.22. The molecule has 0 spiro atoms. The minimum absolute atomic E-state index is 0.0955. The Hall–Kier alpha value is -1.93. The highest BCUT2D eigenvalue weighted by molar-refractivity contribution is 7.16. The first kappa shape index (κ1) is 19.8. The molecule has 0 amide bonds. The van der Waals surface area contributed by atoms with Gasteiger partial charge in [-0.3, -0.25) is 9.89 Å². The molecule has 27 heavy (non-hydrogen) atoms. The molecule has 7 heteroatoms. The van der Waals surface area contributed by atoms with Gasteiger partial charge in [0.1, 0.15) is 5.75 Å². The first-order chi connectivity index (χ1) is 13.1. The van der Waals surface area contributed by atoms with Crippen molar-refractivity contribution in [3.8, 4) is 5.75 Å². The van der Waals surface area contributed by atoms with Crippen molar-refractivity contribution in [2.45, 2.75) is 13.3 Å². The maximum atomic E-state index is 10.6. The molecule has 0 aliphatic heterocycles.